The molecular formula is C32H34N2O3P2. The summed E-state index contributed by atoms with van der Waals surface area (Å²) < 4.78 is 32.3. The van der Waals surface area contributed by atoms with Crippen molar-refractivity contribution in [3.63, 3.8) is 0 Å². The van der Waals surface area contributed by atoms with Crippen molar-refractivity contribution in [2.75, 3.05) is 25.8 Å². The Kier molecular flexibility index (Phi) is 10.2. The Morgan fingerprint density at radius 2 is 1.03 bits per heavy atom. The summed E-state index contributed by atoms with van der Waals surface area (Å²) >= 11 is 0. The Morgan fingerprint density at radius 3 is 1.41 bits per heavy atom. The Balaban J connectivity index is 1.94. The first-order chi connectivity index (χ1) is 19.1. The molecule has 0 aliphatic carbocycles. The van der Waals surface area contributed by atoms with E-state index in [-0.39, 0.29) is 0 Å². The summed E-state index contributed by atoms with van der Waals surface area (Å²) in [5.41, 5.74) is 0. The summed E-state index contributed by atoms with van der Waals surface area (Å²) in [7, 11) is -6.79. The van der Waals surface area contributed by atoms with Crippen LogP contribution in [0.25, 0.3) is 0 Å². The van der Waals surface area contributed by atoms with Gasteiger partial charge in [0.25, 0.3) is 0 Å². The molecule has 0 heterocycles. The lowest BCUT2D eigenvalue weighted by Gasteiger charge is -2.30. The molecule has 0 unspecified atom stereocenters. The zero-order chi connectivity index (χ0) is 27.4. The first-order valence-corrected chi connectivity index (χ1v) is 16.3. The van der Waals surface area contributed by atoms with Crippen molar-refractivity contribution in [3.8, 4) is 11.5 Å². The Labute approximate surface area is 232 Å². The number of benzene rings is 4. The van der Waals surface area contributed by atoms with Gasteiger partial charge in [0.2, 0.25) is 0 Å². The molecule has 0 fully saturated rings. The summed E-state index contributed by atoms with van der Waals surface area (Å²) in [4.78, 5) is 2.25. The SMILES string of the molecule is C=CCN(CC=C)CCP(=NP(=O)(Oc1ccccc1)Oc1ccccc1)(c1ccccc1)c1ccccc1. The van der Waals surface area contributed by atoms with Crippen LogP contribution in [0.4, 0.5) is 0 Å². The fourth-order valence-electron chi connectivity index (χ4n) is 4.28. The normalized spacial score (nSPS) is 11.5. The van der Waals surface area contributed by atoms with Crippen LogP contribution in [-0.2, 0) is 4.57 Å². The molecule has 0 saturated carbocycles. The molecule has 39 heavy (non-hydrogen) atoms. The van der Waals surface area contributed by atoms with Crippen LogP contribution in [0.3, 0.4) is 0 Å². The quantitative estimate of drug-likeness (QED) is 0.118. The second-order valence-electron chi connectivity index (χ2n) is 8.87. The molecule has 0 aliphatic heterocycles. The average Bonchev–Trinajstić information content (AvgIpc) is 2.97. The minimum atomic E-state index is -4.09. The summed E-state index contributed by atoms with van der Waals surface area (Å²) in [6.45, 7) is 9.94. The summed E-state index contributed by atoms with van der Waals surface area (Å²) in [6, 6.07) is 38.3. The van der Waals surface area contributed by atoms with Crippen LogP contribution in [0.15, 0.2) is 151 Å². The van der Waals surface area contributed by atoms with Gasteiger partial charge in [-0.3, -0.25) is 4.90 Å². The van der Waals surface area contributed by atoms with Crippen LogP contribution < -0.4 is 19.7 Å². The number of nitrogens with zero attached hydrogens (tertiary/aromatic N) is 2. The lowest BCUT2D eigenvalue weighted by atomic mass is 10.3. The molecule has 0 saturated heterocycles. The fraction of sp³-hybridized carbons (Fsp3) is 0.125. The molecule has 7 heteroatoms. The number of para-hydroxylation sites is 2. The summed E-state index contributed by atoms with van der Waals surface area (Å²) in [5.74, 6) is 0.861. The van der Waals surface area contributed by atoms with Crippen LogP contribution in [0, 0.1) is 0 Å². The largest absolute Gasteiger partial charge is 0.562 e. The Morgan fingerprint density at radius 1 is 0.641 bits per heavy atom. The molecule has 0 bridgehead atoms. The Bertz CT molecular complexity index is 1330. The fourth-order valence-corrected chi connectivity index (χ4v) is 10.8. The first kappa shape index (κ1) is 28.4. The van der Waals surface area contributed by atoms with E-state index in [1.165, 1.54) is 0 Å². The third-order valence-corrected chi connectivity index (χ3v) is 12.2. The number of rotatable bonds is 14. The smallest absolute Gasteiger partial charge is 0.399 e. The highest BCUT2D eigenvalue weighted by Gasteiger charge is 2.36. The van der Waals surface area contributed by atoms with Crippen molar-refractivity contribution >= 4 is 25.4 Å². The van der Waals surface area contributed by atoms with E-state index in [0.717, 1.165) is 10.6 Å². The van der Waals surface area contributed by atoms with Crippen molar-refractivity contribution < 1.29 is 13.6 Å². The molecule has 0 aromatic heterocycles. The maximum absolute atomic E-state index is 14.8. The van der Waals surface area contributed by atoms with E-state index in [9.17, 15) is 4.57 Å². The molecule has 200 valence electrons. The van der Waals surface area contributed by atoms with Gasteiger partial charge in [0, 0.05) is 32.9 Å². The standard InChI is InChI=1S/C32H34N2O3P2/c1-3-25-34(26-4-2)27-28-38(31-21-13-7-14-22-31,32-23-15-8-16-24-32)33-39(35,36-29-17-9-5-10-18-29)37-30-19-11-6-12-20-30/h3-24H,1-2,25-28H2. The van der Waals surface area contributed by atoms with Crippen molar-refractivity contribution in [1.29, 1.82) is 0 Å². The van der Waals surface area contributed by atoms with Gasteiger partial charge in [-0.25, -0.2) is 4.57 Å². The molecule has 0 spiro atoms. The molecule has 4 aromatic carbocycles. The molecule has 0 radical (unpaired) electrons. The highest BCUT2D eigenvalue weighted by atomic mass is 31.2. The molecule has 4 rings (SSSR count). The molecule has 4 aromatic rings. The van der Waals surface area contributed by atoms with Crippen LogP contribution in [0.5, 0.6) is 11.5 Å². The average molecular weight is 557 g/mol. The third-order valence-electron chi connectivity index (χ3n) is 6.07. The lowest BCUT2D eigenvalue weighted by Crippen LogP contribution is -2.30. The van der Waals surface area contributed by atoms with E-state index in [4.69, 9.17) is 13.6 Å². The van der Waals surface area contributed by atoms with Gasteiger partial charge in [0.1, 0.15) is 11.5 Å². The minimum Gasteiger partial charge on any atom is -0.399 e. The van der Waals surface area contributed by atoms with E-state index in [1.807, 2.05) is 84.9 Å². The summed E-state index contributed by atoms with van der Waals surface area (Å²) in [5, 5.41) is 2.00. The molecule has 5 nitrogen and oxygen atoms in total. The van der Waals surface area contributed by atoms with Gasteiger partial charge in [0.05, 0.1) is 0 Å². The summed E-state index contributed by atoms with van der Waals surface area (Å²) in [6.07, 6.45) is 4.39. The van der Waals surface area contributed by atoms with Crippen LogP contribution in [0.1, 0.15) is 0 Å². The van der Waals surface area contributed by atoms with Gasteiger partial charge in [-0.05, 0) is 34.9 Å². The molecular weight excluding hydrogens is 522 g/mol. The van der Waals surface area contributed by atoms with Crippen molar-refractivity contribution in [2.45, 2.75) is 0 Å². The zero-order valence-electron chi connectivity index (χ0n) is 22.0. The van der Waals surface area contributed by atoms with Gasteiger partial charge < -0.3 is 9.05 Å². The first-order valence-electron chi connectivity index (χ1n) is 12.8. The second kappa shape index (κ2) is 14.0. The highest BCUT2D eigenvalue weighted by Crippen LogP contribution is 2.61. The third kappa shape index (κ3) is 7.71. The zero-order valence-corrected chi connectivity index (χ0v) is 23.7. The monoisotopic (exact) mass is 556 g/mol. The van der Waals surface area contributed by atoms with E-state index >= 15 is 0 Å². The molecule has 0 atom stereocenters. The van der Waals surface area contributed by atoms with Gasteiger partial charge >= 0.3 is 7.75 Å². The highest BCUT2D eigenvalue weighted by molar-refractivity contribution is 7.84. The van der Waals surface area contributed by atoms with E-state index in [2.05, 4.69) is 42.3 Å². The van der Waals surface area contributed by atoms with Crippen LogP contribution >= 0.6 is 14.8 Å². The number of hydrogen-bond donors (Lipinski definition) is 0. The van der Waals surface area contributed by atoms with Crippen LogP contribution in [-0.4, -0.2) is 30.7 Å². The number of hydrogen-bond acceptors (Lipinski definition) is 4. The van der Waals surface area contributed by atoms with Crippen molar-refractivity contribution in [1.82, 2.24) is 4.90 Å². The van der Waals surface area contributed by atoms with Gasteiger partial charge in [0.15, 0.2) is 0 Å². The molecule has 0 aliphatic rings. The lowest BCUT2D eigenvalue weighted by molar-refractivity contribution is 0.357. The van der Waals surface area contributed by atoms with Crippen molar-refractivity contribution in [2.24, 2.45) is 4.52 Å². The molecule has 0 N–H and O–H groups in total. The Hall–Kier alpha value is -3.62. The maximum atomic E-state index is 14.8. The van der Waals surface area contributed by atoms with Crippen LogP contribution in [0.2, 0.25) is 0 Å². The second-order valence-corrected chi connectivity index (χ2v) is 13.9. The molecule has 0 amide bonds. The van der Waals surface area contributed by atoms with E-state index < -0.39 is 14.8 Å². The van der Waals surface area contributed by atoms with Crippen molar-refractivity contribution in [3.05, 3.63) is 147 Å². The van der Waals surface area contributed by atoms with Gasteiger partial charge in [-0.15, -0.1) is 13.2 Å². The van der Waals surface area contributed by atoms with E-state index in [1.54, 1.807) is 24.3 Å². The topological polar surface area (TPSA) is 51.1 Å². The van der Waals surface area contributed by atoms with Gasteiger partial charge in [-0.2, -0.15) is 4.52 Å². The maximum Gasteiger partial charge on any atom is 0.562 e. The van der Waals surface area contributed by atoms with E-state index in [0.29, 0.717) is 37.3 Å². The van der Waals surface area contributed by atoms with Gasteiger partial charge in [-0.1, -0.05) is 109 Å². The predicted molar refractivity (Wildman–Crippen MR) is 165 cm³/mol. The predicted octanol–water partition coefficient (Wildman–Crippen LogP) is 7.78. The minimum absolute atomic E-state index is 0.430.